The van der Waals surface area contributed by atoms with Crippen molar-refractivity contribution in [3.05, 3.63) is 30.3 Å². The van der Waals surface area contributed by atoms with E-state index in [2.05, 4.69) is 4.90 Å². The summed E-state index contributed by atoms with van der Waals surface area (Å²) < 4.78 is 5.29. The summed E-state index contributed by atoms with van der Waals surface area (Å²) in [6.07, 6.45) is 0. The van der Waals surface area contributed by atoms with Crippen LogP contribution in [0.25, 0.3) is 0 Å². The molecule has 0 aromatic heterocycles. The fourth-order valence-corrected chi connectivity index (χ4v) is 3.14. The van der Waals surface area contributed by atoms with Crippen LogP contribution in [0.5, 0.6) is 0 Å². The summed E-state index contributed by atoms with van der Waals surface area (Å²) >= 11 is 0. The lowest BCUT2D eigenvalue weighted by Crippen LogP contribution is -2.55. The van der Waals surface area contributed by atoms with Crippen LogP contribution in [0.1, 0.15) is 0 Å². The molecule has 2 aliphatic heterocycles. The van der Waals surface area contributed by atoms with E-state index in [0.29, 0.717) is 45.9 Å². The molecular weight excluding hydrogens is 320 g/mol. The SMILES string of the molecule is CN(C(=O)CN1CCN(C(=O)N2CCOCC2)CC1)c1ccccc1. The molecule has 0 bridgehead atoms. The number of piperazine rings is 1. The van der Waals surface area contributed by atoms with Crippen molar-refractivity contribution in [2.45, 2.75) is 0 Å². The lowest BCUT2D eigenvalue weighted by atomic mass is 10.2. The van der Waals surface area contributed by atoms with E-state index >= 15 is 0 Å². The van der Waals surface area contributed by atoms with Gasteiger partial charge >= 0.3 is 6.03 Å². The van der Waals surface area contributed by atoms with Gasteiger partial charge in [-0.05, 0) is 12.1 Å². The molecule has 1 aromatic carbocycles. The maximum absolute atomic E-state index is 12.5. The molecule has 2 aliphatic rings. The number of hydrogen-bond donors (Lipinski definition) is 0. The van der Waals surface area contributed by atoms with Gasteiger partial charge in [0.1, 0.15) is 0 Å². The first kappa shape index (κ1) is 17.7. The third-order valence-electron chi connectivity index (χ3n) is 4.80. The number of likely N-dealkylation sites (N-methyl/N-ethyl adjacent to an activating group) is 1. The number of morpholine rings is 1. The lowest BCUT2D eigenvalue weighted by Gasteiger charge is -2.38. The van der Waals surface area contributed by atoms with Gasteiger partial charge in [-0.1, -0.05) is 18.2 Å². The number of hydrogen-bond acceptors (Lipinski definition) is 4. The molecule has 3 rings (SSSR count). The second-order valence-corrected chi connectivity index (χ2v) is 6.43. The predicted octanol–water partition coefficient (Wildman–Crippen LogP) is 0.719. The number of amides is 3. The van der Waals surface area contributed by atoms with Crippen LogP contribution >= 0.6 is 0 Å². The summed E-state index contributed by atoms with van der Waals surface area (Å²) in [7, 11) is 1.80. The Morgan fingerprint density at radius 1 is 0.960 bits per heavy atom. The number of carbonyl (C=O) groups excluding carboxylic acids is 2. The zero-order valence-corrected chi connectivity index (χ0v) is 14.8. The van der Waals surface area contributed by atoms with E-state index in [1.165, 1.54) is 0 Å². The molecule has 1 aromatic rings. The standard InChI is InChI=1S/C18H26N4O3/c1-19(16-5-3-2-4-6-16)17(23)15-20-7-9-21(10-8-20)18(24)22-11-13-25-14-12-22/h2-6H,7-15H2,1H3. The zero-order valence-electron chi connectivity index (χ0n) is 14.8. The Kier molecular flexibility index (Phi) is 5.88. The molecular formula is C18H26N4O3. The number of carbonyl (C=O) groups is 2. The van der Waals surface area contributed by atoms with E-state index in [0.717, 1.165) is 18.8 Å². The molecule has 0 atom stereocenters. The van der Waals surface area contributed by atoms with Crippen LogP contribution in [0, 0.1) is 0 Å². The minimum absolute atomic E-state index is 0.0687. The van der Waals surface area contributed by atoms with Gasteiger partial charge in [0.2, 0.25) is 5.91 Å². The Morgan fingerprint density at radius 2 is 1.56 bits per heavy atom. The minimum Gasteiger partial charge on any atom is -0.378 e. The van der Waals surface area contributed by atoms with E-state index < -0.39 is 0 Å². The summed E-state index contributed by atoms with van der Waals surface area (Å²) in [5.74, 6) is 0.0687. The predicted molar refractivity (Wildman–Crippen MR) is 95.7 cm³/mol. The second kappa shape index (κ2) is 8.31. The van der Waals surface area contributed by atoms with E-state index in [1.807, 2.05) is 40.1 Å². The van der Waals surface area contributed by atoms with Crippen molar-refractivity contribution < 1.29 is 14.3 Å². The zero-order chi connectivity index (χ0) is 17.6. The first-order valence-corrected chi connectivity index (χ1v) is 8.81. The van der Waals surface area contributed by atoms with Crippen molar-refractivity contribution in [2.24, 2.45) is 0 Å². The second-order valence-electron chi connectivity index (χ2n) is 6.43. The summed E-state index contributed by atoms with van der Waals surface area (Å²) in [6, 6.07) is 9.74. The molecule has 7 heteroatoms. The maximum atomic E-state index is 12.5. The van der Waals surface area contributed by atoms with Crippen molar-refractivity contribution in [2.75, 3.05) is 71.0 Å². The Balaban J connectivity index is 1.46. The van der Waals surface area contributed by atoms with E-state index in [-0.39, 0.29) is 11.9 Å². The first-order valence-electron chi connectivity index (χ1n) is 8.81. The van der Waals surface area contributed by atoms with Crippen LogP contribution in [-0.4, -0.2) is 92.7 Å². The Morgan fingerprint density at radius 3 is 2.20 bits per heavy atom. The highest BCUT2D eigenvalue weighted by Gasteiger charge is 2.27. The number of nitrogens with zero attached hydrogens (tertiary/aromatic N) is 4. The van der Waals surface area contributed by atoms with Crippen LogP contribution < -0.4 is 4.90 Å². The summed E-state index contributed by atoms with van der Waals surface area (Å²) in [5.41, 5.74) is 0.897. The molecule has 2 heterocycles. The Bertz CT molecular complexity index is 581. The van der Waals surface area contributed by atoms with Gasteiger partial charge in [-0.3, -0.25) is 9.69 Å². The van der Waals surface area contributed by atoms with Gasteiger partial charge in [-0.25, -0.2) is 4.79 Å². The molecule has 0 saturated carbocycles. The van der Waals surface area contributed by atoms with Gasteiger partial charge in [0.15, 0.2) is 0 Å². The van der Waals surface area contributed by atoms with Gasteiger partial charge in [0.25, 0.3) is 0 Å². The number of urea groups is 1. The molecule has 7 nitrogen and oxygen atoms in total. The number of benzene rings is 1. The average Bonchev–Trinajstić information content (AvgIpc) is 2.68. The fraction of sp³-hybridized carbons (Fsp3) is 0.556. The van der Waals surface area contributed by atoms with E-state index in [4.69, 9.17) is 4.74 Å². The van der Waals surface area contributed by atoms with Crippen molar-refractivity contribution in [1.82, 2.24) is 14.7 Å². The smallest absolute Gasteiger partial charge is 0.320 e. The molecule has 2 saturated heterocycles. The van der Waals surface area contributed by atoms with Gasteiger partial charge in [0.05, 0.1) is 19.8 Å². The molecule has 25 heavy (non-hydrogen) atoms. The molecule has 136 valence electrons. The third kappa shape index (κ3) is 4.49. The highest BCUT2D eigenvalue weighted by molar-refractivity contribution is 5.94. The summed E-state index contributed by atoms with van der Waals surface area (Å²) in [6.45, 7) is 5.73. The normalized spacial score (nSPS) is 18.9. The van der Waals surface area contributed by atoms with Crippen molar-refractivity contribution in [3.63, 3.8) is 0 Å². The van der Waals surface area contributed by atoms with Gasteiger partial charge < -0.3 is 19.4 Å². The van der Waals surface area contributed by atoms with Crippen LogP contribution in [-0.2, 0) is 9.53 Å². The maximum Gasteiger partial charge on any atom is 0.320 e. The van der Waals surface area contributed by atoms with Crippen molar-refractivity contribution in [3.8, 4) is 0 Å². The van der Waals surface area contributed by atoms with Crippen LogP contribution in [0.2, 0.25) is 0 Å². The molecule has 3 amide bonds. The molecule has 0 unspecified atom stereocenters. The average molecular weight is 346 g/mol. The largest absolute Gasteiger partial charge is 0.378 e. The van der Waals surface area contributed by atoms with Gasteiger partial charge in [-0.2, -0.15) is 0 Å². The van der Waals surface area contributed by atoms with Crippen LogP contribution in [0.3, 0.4) is 0 Å². The summed E-state index contributed by atoms with van der Waals surface area (Å²) in [4.78, 5) is 32.5. The number of anilines is 1. The molecule has 0 spiro atoms. The molecule has 0 aliphatic carbocycles. The first-order chi connectivity index (χ1) is 12.1. The number of para-hydroxylation sites is 1. The van der Waals surface area contributed by atoms with Crippen molar-refractivity contribution in [1.29, 1.82) is 0 Å². The van der Waals surface area contributed by atoms with Gasteiger partial charge in [0, 0.05) is 52.0 Å². The number of rotatable bonds is 3. The Labute approximate surface area is 148 Å². The monoisotopic (exact) mass is 346 g/mol. The van der Waals surface area contributed by atoms with E-state index in [9.17, 15) is 9.59 Å². The quantitative estimate of drug-likeness (QED) is 0.809. The lowest BCUT2D eigenvalue weighted by molar-refractivity contribution is -0.119. The summed E-state index contributed by atoms with van der Waals surface area (Å²) in [5, 5.41) is 0. The molecule has 0 radical (unpaired) electrons. The molecule has 2 fully saturated rings. The fourth-order valence-electron chi connectivity index (χ4n) is 3.14. The minimum atomic E-state index is 0.0687. The van der Waals surface area contributed by atoms with Crippen molar-refractivity contribution >= 4 is 17.6 Å². The number of ether oxygens (including phenoxy) is 1. The Hall–Kier alpha value is -2.12. The topological polar surface area (TPSA) is 56.3 Å². The van der Waals surface area contributed by atoms with E-state index in [1.54, 1.807) is 11.9 Å². The molecule has 0 N–H and O–H groups in total. The van der Waals surface area contributed by atoms with Crippen LogP contribution in [0.4, 0.5) is 10.5 Å². The third-order valence-corrected chi connectivity index (χ3v) is 4.80. The van der Waals surface area contributed by atoms with Gasteiger partial charge in [-0.15, -0.1) is 0 Å². The van der Waals surface area contributed by atoms with Crippen LogP contribution in [0.15, 0.2) is 30.3 Å². The highest BCUT2D eigenvalue weighted by Crippen LogP contribution is 2.12. The highest BCUT2D eigenvalue weighted by atomic mass is 16.5.